The van der Waals surface area contributed by atoms with Crippen LogP contribution in [0.2, 0.25) is 0 Å². The Kier molecular flexibility index (Phi) is 4.24. The fraction of sp³-hybridized carbons (Fsp3) is 0.211. The highest BCUT2D eigenvalue weighted by Crippen LogP contribution is 2.16. The van der Waals surface area contributed by atoms with Crippen molar-refractivity contribution in [1.29, 1.82) is 0 Å². The summed E-state index contributed by atoms with van der Waals surface area (Å²) in [5.41, 5.74) is 3.44. The maximum absolute atomic E-state index is 11.6. The third-order valence-electron chi connectivity index (χ3n) is 3.66. The van der Waals surface area contributed by atoms with Crippen molar-refractivity contribution in [3.8, 4) is 0 Å². The van der Waals surface area contributed by atoms with Crippen molar-refractivity contribution in [3.63, 3.8) is 0 Å². The van der Waals surface area contributed by atoms with Crippen LogP contribution in [0.4, 0.5) is 4.79 Å². The van der Waals surface area contributed by atoms with Gasteiger partial charge in [0.1, 0.15) is 6.10 Å². The Hall–Kier alpha value is -2.55. The molecular weight excluding hydrogens is 274 g/mol. The number of amides is 1. The number of nitrogens with zero attached hydrogens (tertiary/aromatic N) is 1. The Bertz CT molecular complexity index is 662. The summed E-state index contributed by atoms with van der Waals surface area (Å²) in [6.07, 6.45) is 3.95. The van der Waals surface area contributed by atoms with Crippen LogP contribution in [0.1, 0.15) is 23.6 Å². The Balaban J connectivity index is 1.63. The van der Waals surface area contributed by atoms with E-state index in [4.69, 9.17) is 4.74 Å². The number of ether oxygens (including phenoxy) is 1. The van der Waals surface area contributed by atoms with E-state index in [0.29, 0.717) is 13.1 Å². The SMILES string of the molecule is C[C@@H]1CN(Cc2ccc(C=Cc3ccccc3)cc2)C(=O)O1. The van der Waals surface area contributed by atoms with Gasteiger partial charge in [-0.2, -0.15) is 0 Å². The number of hydrogen-bond donors (Lipinski definition) is 0. The summed E-state index contributed by atoms with van der Waals surface area (Å²) < 4.78 is 5.13. The molecule has 2 aromatic carbocycles. The van der Waals surface area contributed by atoms with Gasteiger partial charge in [-0.05, 0) is 23.6 Å². The van der Waals surface area contributed by atoms with Gasteiger partial charge < -0.3 is 9.64 Å². The van der Waals surface area contributed by atoms with Crippen LogP contribution in [-0.4, -0.2) is 23.6 Å². The summed E-state index contributed by atoms with van der Waals surface area (Å²) in [5, 5.41) is 0. The lowest BCUT2D eigenvalue weighted by molar-refractivity contribution is 0.137. The minimum atomic E-state index is -0.222. The molecule has 1 heterocycles. The molecule has 0 bridgehead atoms. The predicted molar refractivity (Wildman–Crippen MR) is 88.2 cm³/mol. The van der Waals surface area contributed by atoms with Crippen LogP contribution in [0.15, 0.2) is 54.6 Å². The van der Waals surface area contributed by atoms with Crippen LogP contribution < -0.4 is 0 Å². The van der Waals surface area contributed by atoms with Crippen LogP contribution in [0.3, 0.4) is 0 Å². The minimum Gasteiger partial charge on any atom is -0.444 e. The molecule has 3 nitrogen and oxygen atoms in total. The van der Waals surface area contributed by atoms with Crippen molar-refractivity contribution in [2.75, 3.05) is 6.54 Å². The van der Waals surface area contributed by atoms with E-state index in [1.807, 2.05) is 25.1 Å². The summed E-state index contributed by atoms with van der Waals surface area (Å²) in [6.45, 7) is 3.18. The number of hydrogen-bond acceptors (Lipinski definition) is 2. The molecule has 0 radical (unpaired) electrons. The summed E-state index contributed by atoms with van der Waals surface area (Å²) in [7, 11) is 0. The van der Waals surface area contributed by atoms with Crippen molar-refractivity contribution in [3.05, 3.63) is 71.3 Å². The van der Waals surface area contributed by atoms with Gasteiger partial charge in [-0.3, -0.25) is 0 Å². The molecule has 0 saturated carbocycles. The van der Waals surface area contributed by atoms with Crippen LogP contribution >= 0.6 is 0 Å². The van der Waals surface area contributed by atoms with E-state index >= 15 is 0 Å². The summed E-state index contributed by atoms with van der Waals surface area (Å²) in [6, 6.07) is 18.5. The fourth-order valence-corrected chi connectivity index (χ4v) is 2.51. The minimum absolute atomic E-state index is 0.0134. The number of rotatable bonds is 4. The van der Waals surface area contributed by atoms with Crippen LogP contribution in [0.5, 0.6) is 0 Å². The zero-order valence-corrected chi connectivity index (χ0v) is 12.6. The van der Waals surface area contributed by atoms with Crippen molar-refractivity contribution in [2.24, 2.45) is 0 Å². The van der Waals surface area contributed by atoms with Crippen LogP contribution in [0.25, 0.3) is 12.2 Å². The van der Waals surface area contributed by atoms with E-state index in [-0.39, 0.29) is 12.2 Å². The summed E-state index contributed by atoms with van der Waals surface area (Å²) >= 11 is 0. The predicted octanol–water partition coefficient (Wildman–Crippen LogP) is 4.20. The lowest BCUT2D eigenvalue weighted by Crippen LogP contribution is -2.24. The fourth-order valence-electron chi connectivity index (χ4n) is 2.51. The Morgan fingerprint density at radius 1 is 1.05 bits per heavy atom. The third-order valence-corrected chi connectivity index (χ3v) is 3.66. The van der Waals surface area contributed by atoms with Crippen molar-refractivity contribution >= 4 is 18.2 Å². The van der Waals surface area contributed by atoms with Crippen molar-refractivity contribution < 1.29 is 9.53 Å². The van der Waals surface area contributed by atoms with Crippen LogP contribution in [-0.2, 0) is 11.3 Å². The molecule has 3 heteroatoms. The van der Waals surface area contributed by atoms with Gasteiger partial charge in [0, 0.05) is 6.54 Å². The first-order valence-electron chi connectivity index (χ1n) is 7.48. The Morgan fingerprint density at radius 2 is 1.68 bits per heavy atom. The molecular formula is C19H19NO2. The van der Waals surface area contributed by atoms with Gasteiger partial charge >= 0.3 is 6.09 Å². The zero-order chi connectivity index (χ0) is 15.4. The molecule has 0 aliphatic carbocycles. The maximum atomic E-state index is 11.6. The van der Waals surface area contributed by atoms with Crippen molar-refractivity contribution in [1.82, 2.24) is 4.90 Å². The van der Waals surface area contributed by atoms with E-state index in [2.05, 4.69) is 48.6 Å². The molecule has 0 spiro atoms. The molecule has 1 aliphatic heterocycles. The highest BCUT2D eigenvalue weighted by atomic mass is 16.6. The number of carbonyl (C=O) groups is 1. The molecule has 0 aromatic heterocycles. The zero-order valence-electron chi connectivity index (χ0n) is 12.6. The number of cyclic esters (lactones) is 1. The van der Waals surface area contributed by atoms with Gasteiger partial charge in [0.05, 0.1) is 6.54 Å². The Morgan fingerprint density at radius 3 is 2.27 bits per heavy atom. The first-order valence-corrected chi connectivity index (χ1v) is 7.48. The summed E-state index contributed by atoms with van der Waals surface area (Å²) in [5.74, 6) is 0. The van der Waals surface area contributed by atoms with E-state index < -0.39 is 0 Å². The van der Waals surface area contributed by atoms with Gasteiger partial charge in [0.15, 0.2) is 0 Å². The van der Waals surface area contributed by atoms with E-state index in [9.17, 15) is 4.79 Å². The largest absolute Gasteiger partial charge is 0.444 e. The van der Waals surface area contributed by atoms with Crippen LogP contribution in [0, 0.1) is 0 Å². The highest BCUT2D eigenvalue weighted by Gasteiger charge is 2.27. The van der Waals surface area contributed by atoms with Gasteiger partial charge in [-0.1, -0.05) is 66.7 Å². The maximum Gasteiger partial charge on any atom is 0.410 e. The monoisotopic (exact) mass is 293 g/mol. The average molecular weight is 293 g/mol. The molecule has 0 unspecified atom stereocenters. The van der Waals surface area contributed by atoms with Gasteiger partial charge in [-0.25, -0.2) is 4.79 Å². The molecule has 22 heavy (non-hydrogen) atoms. The third kappa shape index (κ3) is 3.55. The van der Waals surface area contributed by atoms with Gasteiger partial charge in [-0.15, -0.1) is 0 Å². The summed E-state index contributed by atoms with van der Waals surface area (Å²) in [4.78, 5) is 13.3. The van der Waals surface area contributed by atoms with Gasteiger partial charge in [0.25, 0.3) is 0 Å². The Labute approximate surface area is 130 Å². The topological polar surface area (TPSA) is 29.5 Å². The van der Waals surface area contributed by atoms with E-state index in [1.165, 1.54) is 5.56 Å². The standard InChI is InChI=1S/C19H19NO2/c1-15-13-20(19(21)22-15)14-18-11-9-17(10-12-18)8-7-16-5-3-2-4-6-16/h2-12,15H,13-14H2,1H3/t15-/m1/s1. The van der Waals surface area contributed by atoms with Gasteiger partial charge in [0.2, 0.25) is 0 Å². The number of benzene rings is 2. The smallest absolute Gasteiger partial charge is 0.410 e. The second kappa shape index (κ2) is 6.48. The molecule has 3 rings (SSSR count). The molecule has 0 N–H and O–H groups in total. The highest BCUT2D eigenvalue weighted by molar-refractivity contribution is 5.70. The average Bonchev–Trinajstić information content (AvgIpc) is 2.85. The lowest BCUT2D eigenvalue weighted by atomic mass is 10.1. The normalized spacial score (nSPS) is 18.0. The first kappa shape index (κ1) is 14.4. The quantitative estimate of drug-likeness (QED) is 0.791. The second-order valence-electron chi connectivity index (χ2n) is 5.56. The molecule has 1 fully saturated rings. The lowest BCUT2D eigenvalue weighted by Gasteiger charge is -2.12. The van der Waals surface area contributed by atoms with Crippen molar-refractivity contribution in [2.45, 2.75) is 19.6 Å². The molecule has 1 aliphatic rings. The molecule has 1 saturated heterocycles. The molecule has 1 atom stereocenters. The first-order chi connectivity index (χ1) is 10.7. The molecule has 2 aromatic rings. The molecule has 112 valence electrons. The number of carbonyl (C=O) groups excluding carboxylic acids is 1. The van der Waals surface area contributed by atoms with E-state index in [1.54, 1.807) is 4.90 Å². The molecule has 1 amide bonds. The second-order valence-corrected chi connectivity index (χ2v) is 5.56. The van der Waals surface area contributed by atoms with E-state index in [0.717, 1.165) is 11.1 Å².